The van der Waals surface area contributed by atoms with Gasteiger partial charge in [0.2, 0.25) is 5.91 Å². The van der Waals surface area contributed by atoms with Gasteiger partial charge in [-0.15, -0.1) is 0 Å². The molecule has 2 N–H and O–H groups in total. The number of carbonyl (C=O) groups is 1. The molecule has 64 valence electrons. The maximum absolute atomic E-state index is 11.1. The van der Waals surface area contributed by atoms with Crippen LogP contribution in [0.25, 0.3) is 0 Å². The molecule has 1 atom stereocenters. The Morgan fingerprint density at radius 1 is 1.82 bits per heavy atom. The molecular formula is C7H14N2O2. The monoisotopic (exact) mass is 158 g/mol. The molecule has 1 aliphatic heterocycles. The summed E-state index contributed by atoms with van der Waals surface area (Å²) < 4.78 is 0. The van der Waals surface area contributed by atoms with Gasteiger partial charge >= 0.3 is 0 Å². The number of nitrogens with two attached hydrogens (primary N) is 1. The molecule has 0 radical (unpaired) electrons. The van der Waals surface area contributed by atoms with Crippen molar-refractivity contribution in [3.05, 3.63) is 0 Å². The normalized spacial score (nSPS) is 24.7. The molecule has 0 saturated carbocycles. The Morgan fingerprint density at radius 2 is 2.55 bits per heavy atom. The maximum Gasteiger partial charge on any atom is 0.248 e. The zero-order valence-corrected chi connectivity index (χ0v) is 6.75. The van der Waals surface area contributed by atoms with Gasteiger partial charge < -0.3 is 5.73 Å². The van der Waals surface area contributed by atoms with Gasteiger partial charge in [-0.05, 0) is 6.42 Å². The topological polar surface area (TPSA) is 55.6 Å². The average molecular weight is 158 g/mol. The Bertz CT molecular complexity index is 149. The third-order valence-electron chi connectivity index (χ3n) is 1.74. The van der Waals surface area contributed by atoms with Crippen LogP contribution in [0, 0.1) is 0 Å². The molecular weight excluding hydrogens is 144 g/mol. The Hall–Kier alpha value is -0.610. The third-order valence-corrected chi connectivity index (χ3v) is 1.74. The fourth-order valence-corrected chi connectivity index (χ4v) is 1.09. The fraction of sp³-hybridized carbons (Fsp3) is 0.857. The van der Waals surface area contributed by atoms with Gasteiger partial charge in [-0.1, -0.05) is 6.92 Å². The molecule has 0 bridgehead atoms. The van der Waals surface area contributed by atoms with Gasteiger partial charge in [0.25, 0.3) is 0 Å². The molecule has 1 unspecified atom stereocenters. The predicted molar refractivity (Wildman–Crippen MR) is 40.5 cm³/mol. The van der Waals surface area contributed by atoms with Crippen molar-refractivity contribution in [2.75, 3.05) is 13.1 Å². The van der Waals surface area contributed by atoms with Gasteiger partial charge in [0.15, 0.2) is 0 Å². The highest BCUT2D eigenvalue weighted by Gasteiger charge is 2.28. The summed E-state index contributed by atoms with van der Waals surface area (Å²) >= 11 is 0. The van der Waals surface area contributed by atoms with E-state index in [9.17, 15) is 4.79 Å². The van der Waals surface area contributed by atoms with Gasteiger partial charge in [-0.3, -0.25) is 9.63 Å². The first-order valence-corrected chi connectivity index (χ1v) is 3.95. The van der Waals surface area contributed by atoms with Crippen LogP contribution in [0.4, 0.5) is 0 Å². The molecule has 0 aliphatic carbocycles. The minimum absolute atomic E-state index is 0.0577. The SMILES string of the molecule is CCC1CC(=O)N(CCN)O1. The van der Waals surface area contributed by atoms with Gasteiger partial charge in [0.1, 0.15) is 0 Å². The standard InChI is InChI=1S/C7H14N2O2/c1-2-6-5-7(10)9(11-6)4-3-8/h6H,2-5,8H2,1H3. The minimum atomic E-state index is 0.0577. The predicted octanol–water partition coefficient (Wildman–Crippen LogP) is -0.112. The molecule has 0 spiro atoms. The zero-order valence-electron chi connectivity index (χ0n) is 6.75. The number of nitrogens with zero attached hydrogens (tertiary/aromatic N) is 1. The molecule has 0 aromatic rings. The van der Waals surface area contributed by atoms with Crippen LogP contribution in [0.15, 0.2) is 0 Å². The molecule has 1 rings (SSSR count). The molecule has 1 saturated heterocycles. The van der Waals surface area contributed by atoms with Crippen molar-refractivity contribution in [1.29, 1.82) is 0 Å². The van der Waals surface area contributed by atoms with E-state index < -0.39 is 0 Å². The lowest BCUT2D eigenvalue weighted by Gasteiger charge is -2.13. The van der Waals surface area contributed by atoms with Crippen LogP contribution in [-0.4, -0.2) is 30.2 Å². The maximum atomic E-state index is 11.1. The molecule has 11 heavy (non-hydrogen) atoms. The summed E-state index contributed by atoms with van der Waals surface area (Å²) in [5.74, 6) is 0.0577. The lowest BCUT2D eigenvalue weighted by atomic mass is 10.2. The highest BCUT2D eigenvalue weighted by molar-refractivity contribution is 5.77. The van der Waals surface area contributed by atoms with Gasteiger partial charge in [-0.25, -0.2) is 5.06 Å². The van der Waals surface area contributed by atoms with E-state index >= 15 is 0 Å². The van der Waals surface area contributed by atoms with E-state index in [0.29, 0.717) is 19.5 Å². The molecule has 1 fully saturated rings. The van der Waals surface area contributed by atoms with Gasteiger partial charge in [0, 0.05) is 6.54 Å². The summed E-state index contributed by atoms with van der Waals surface area (Å²) in [4.78, 5) is 16.3. The van der Waals surface area contributed by atoms with Crippen molar-refractivity contribution >= 4 is 5.91 Å². The van der Waals surface area contributed by atoms with Crippen LogP contribution < -0.4 is 5.73 Å². The Balaban J connectivity index is 2.38. The molecule has 1 amide bonds. The summed E-state index contributed by atoms with van der Waals surface area (Å²) in [6.07, 6.45) is 1.47. The van der Waals surface area contributed by atoms with Crippen LogP contribution in [0.2, 0.25) is 0 Å². The zero-order chi connectivity index (χ0) is 8.27. The summed E-state index contributed by atoms with van der Waals surface area (Å²) in [5.41, 5.74) is 5.28. The van der Waals surface area contributed by atoms with Crippen molar-refractivity contribution in [2.24, 2.45) is 5.73 Å². The summed E-state index contributed by atoms with van der Waals surface area (Å²) in [6.45, 7) is 2.97. The first-order valence-electron chi connectivity index (χ1n) is 3.95. The van der Waals surface area contributed by atoms with Crippen molar-refractivity contribution in [3.8, 4) is 0 Å². The van der Waals surface area contributed by atoms with Crippen molar-refractivity contribution in [1.82, 2.24) is 5.06 Å². The Kier molecular flexibility index (Phi) is 2.84. The smallest absolute Gasteiger partial charge is 0.248 e. The minimum Gasteiger partial charge on any atom is -0.329 e. The molecule has 0 aromatic heterocycles. The van der Waals surface area contributed by atoms with E-state index in [1.54, 1.807) is 0 Å². The van der Waals surface area contributed by atoms with Gasteiger partial charge in [-0.2, -0.15) is 0 Å². The lowest BCUT2D eigenvalue weighted by molar-refractivity contribution is -0.172. The van der Waals surface area contributed by atoms with Gasteiger partial charge in [0.05, 0.1) is 19.1 Å². The van der Waals surface area contributed by atoms with Crippen molar-refractivity contribution < 1.29 is 9.63 Å². The number of carbonyl (C=O) groups excluding carboxylic acids is 1. The van der Waals surface area contributed by atoms with E-state index in [1.165, 1.54) is 5.06 Å². The fourth-order valence-electron chi connectivity index (χ4n) is 1.09. The summed E-state index contributed by atoms with van der Waals surface area (Å²) in [5, 5.41) is 1.37. The molecule has 1 aliphatic rings. The third kappa shape index (κ3) is 1.91. The molecule has 4 heteroatoms. The second-order valence-corrected chi connectivity index (χ2v) is 2.62. The van der Waals surface area contributed by atoms with Crippen LogP contribution in [0.3, 0.4) is 0 Å². The second-order valence-electron chi connectivity index (χ2n) is 2.62. The summed E-state index contributed by atoms with van der Waals surface area (Å²) in [7, 11) is 0. The van der Waals surface area contributed by atoms with E-state index in [4.69, 9.17) is 10.6 Å². The van der Waals surface area contributed by atoms with Crippen LogP contribution >= 0.6 is 0 Å². The van der Waals surface area contributed by atoms with Crippen molar-refractivity contribution in [3.63, 3.8) is 0 Å². The van der Waals surface area contributed by atoms with E-state index in [2.05, 4.69) is 0 Å². The number of rotatable bonds is 3. The first-order chi connectivity index (χ1) is 5.27. The number of hydrogen-bond donors (Lipinski definition) is 1. The van der Waals surface area contributed by atoms with Crippen LogP contribution in [-0.2, 0) is 9.63 Å². The molecule has 1 heterocycles. The first kappa shape index (κ1) is 8.49. The summed E-state index contributed by atoms with van der Waals surface area (Å²) in [6, 6.07) is 0. The van der Waals surface area contributed by atoms with Crippen LogP contribution in [0.1, 0.15) is 19.8 Å². The van der Waals surface area contributed by atoms with E-state index in [-0.39, 0.29) is 12.0 Å². The van der Waals surface area contributed by atoms with Crippen LogP contribution in [0.5, 0.6) is 0 Å². The average Bonchev–Trinajstić information content (AvgIpc) is 2.33. The van der Waals surface area contributed by atoms with E-state index in [1.807, 2.05) is 6.92 Å². The highest BCUT2D eigenvalue weighted by atomic mass is 16.7. The Labute approximate surface area is 66.3 Å². The molecule has 0 aromatic carbocycles. The Morgan fingerprint density at radius 3 is 3.00 bits per heavy atom. The molecule has 4 nitrogen and oxygen atoms in total. The number of amides is 1. The highest BCUT2D eigenvalue weighted by Crippen LogP contribution is 2.16. The van der Waals surface area contributed by atoms with Crippen molar-refractivity contribution in [2.45, 2.75) is 25.9 Å². The largest absolute Gasteiger partial charge is 0.329 e. The lowest BCUT2D eigenvalue weighted by Crippen LogP contribution is -2.29. The van der Waals surface area contributed by atoms with E-state index in [0.717, 1.165) is 6.42 Å². The quantitative estimate of drug-likeness (QED) is 0.623. The number of hydroxylamine groups is 2. The second kappa shape index (κ2) is 3.69. The number of hydrogen-bond acceptors (Lipinski definition) is 3.